The van der Waals surface area contributed by atoms with Crippen LogP contribution in [0.15, 0.2) is 47.5 Å². The van der Waals surface area contributed by atoms with Gasteiger partial charge in [-0.25, -0.2) is 4.68 Å². The van der Waals surface area contributed by atoms with E-state index >= 15 is 0 Å². The summed E-state index contributed by atoms with van der Waals surface area (Å²) in [7, 11) is 0. The van der Waals surface area contributed by atoms with Crippen molar-refractivity contribution >= 4 is 16.7 Å². The van der Waals surface area contributed by atoms with E-state index in [1.807, 2.05) is 43.8 Å². The smallest absolute Gasteiger partial charge is 0.274 e. The molecule has 3 aromatic rings. The Labute approximate surface area is 158 Å². The molecule has 1 atom stereocenters. The van der Waals surface area contributed by atoms with Crippen molar-refractivity contribution in [3.8, 4) is 0 Å². The van der Waals surface area contributed by atoms with Crippen LogP contribution in [0.2, 0.25) is 0 Å². The molecule has 0 bridgehead atoms. The fourth-order valence-corrected chi connectivity index (χ4v) is 3.02. The minimum Gasteiger partial charge on any atom is -0.350 e. The lowest BCUT2D eigenvalue weighted by Gasteiger charge is -2.15. The zero-order valence-electron chi connectivity index (χ0n) is 15.9. The average Bonchev–Trinajstić information content (AvgIpc) is 3.14. The van der Waals surface area contributed by atoms with Gasteiger partial charge in [-0.15, -0.1) is 0 Å². The largest absolute Gasteiger partial charge is 0.350 e. The van der Waals surface area contributed by atoms with Crippen LogP contribution in [0.25, 0.3) is 10.8 Å². The van der Waals surface area contributed by atoms with Crippen molar-refractivity contribution in [1.29, 1.82) is 0 Å². The second-order valence-corrected chi connectivity index (χ2v) is 7.32. The normalized spacial score (nSPS) is 12.4. The lowest BCUT2D eigenvalue weighted by Crippen LogP contribution is -2.34. The maximum atomic E-state index is 12.8. The number of fused-ring (bicyclic) bond motifs is 1. The van der Waals surface area contributed by atoms with Gasteiger partial charge >= 0.3 is 0 Å². The minimum atomic E-state index is -0.268. The number of rotatable bonds is 7. The van der Waals surface area contributed by atoms with Crippen molar-refractivity contribution in [3.05, 3.63) is 58.8 Å². The molecule has 0 spiro atoms. The van der Waals surface area contributed by atoms with Crippen LogP contribution in [-0.2, 0) is 13.1 Å². The van der Waals surface area contributed by atoms with E-state index < -0.39 is 0 Å². The first-order chi connectivity index (χ1) is 13.0. The van der Waals surface area contributed by atoms with Gasteiger partial charge in [0.2, 0.25) is 0 Å². The Kier molecular flexibility index (Phi) is 5.69. The number of carbonyl (C=O) groups excluding carboxylic acids is 1. The summed E-state index contributed by atoms with van der Waals surface area (Å²) in [5.41, 5.74) is 0.125. The summed E-state index contributed by atoms with van der Waals surface area (Å²) in [4.78, 5) is 25.4. The van der Waals surface area contributed by atoms with Gasteiger partial charge in [-0.05, 0) is 24.0 Å². The highest BCUT2D eigenvalue weighted by Gasteiger charge is 2.17. The lowest BCUT2D eigenvalue weighted by atomic mass is 10.1. The maximum absolute atomic E-state index is 12.8. The van der Waals surface area contributed by atoms with Gasteiger partial charge in [0.25, 0.3) is 11.5 Å². The van der Waals surface area contributed by atoms with Crippen molar-refractivity contribution in [2.45, 2.75) is 33.9 Å². The van der Waals surface area contributed by atoms with E-state index in [9.17, 15) is 9.59 Å². The molecule has 0 aliphatic rings. The fraction of sp³-hybridized carbons (Fsp3) is 0.400. The average molecular weight is 367 g/mol. The second kappa shape index (κ2) is 8.16. The molecule has 0 aliphatic carbocycles. The topological polar surface area (TPSA) is 81.8 Å². The van der Waals surface area contributed by atoms with Gasteiger partial charge in [0.1, 0.15) is 0 Å². The molecule has 142 valence electrons. The zero-order valence-corrected chi connectivity index (χ0v) is 15.9. The molecule has 27 heavy (non-hydrogen) atoms. The van der Waals surface area contributed by atoms with Crippen molar-refractivity contribution < 1.29 is 4.79 Å². The lowest BCUT2D eigenvalue weighted by molar-refractivity contribution is 0.0940. The van der Waals surface area contributed by atoms with Crippen LogP contribution in [-0.4, -0.2) is 32.0 Å². The molecule has 0 fully saturated rings. The summed E-state index contributed by atoms with van der Waals surface area (Å²) in [6.07, 6.45) is 3.63. The molecule has 1 amide bonds. The van der Waals surface area contributed by atoms with Gasteiger partial charge in [0.15, 0.2) is 5.69 Å². The third-order valence-corrected chi connectivity index (χ3v) is 4.29. The summed E-state index contributed by atoms with van der Waals surface area (Å²) in [6, 6.07) is 9.00. The molecule has 0 saturated heterocycles. The van der Waals surface area contributed by atoms with E-state index in [0.29, 0.717) is 30.4 Å². The molecule has 0 radical (unpaired) electrons. The highest BCUT2D eigenvalue weighted by Crippen LogP contribution is 2.14. The molecule has 3 rings (SSSR count). The molecule has 2 aromatic heterocycles. The maximum Gasteiger partial charge on any atom is 0.274 e. The predicted octanol–water partition coefficient (Wildman–Crippen LogP) is 2.32. The van der Waals surface area contributed by atoms with E-state index in [1.54, 1.807) is 24.4 Å². The van der Waals surface area contributed by atoms with Crippen LogP contribution in [0.5, 0.6) is 0 Å². The van der Waals surface area contributed by atoms with Gasteiger partial charge in [-0.2, -0.15) is 10.2 Å². The first kappa shape index (κ1) is 18.8. The summed E-state index contributed by atoms with van der Waals surface area (Å²) >= 11 is 0. The fourth-order valence-electron chi connectivity index (χ4n) is 3.02. The van der Waals surface area contributed by atoms with Crippen LogP contribution in [0, 0.1) is 11.8 Å². The quantitative estimate of drug-likeness (QED) is 0.695. The Morgan fingerprint density at radius 1 is 1.11 bits per heavy atom. The molecular formula is C20H25N5O2. The van der Waals surface area contributed by atoms with E-state index in [-0.39, 0.29) is 29.0 Å². The first-order valence-corrected chi connectivity index (χ1v) is 9.21. The first-order valence-electron chi connectivity index (χ1n) is 9.21. The molecule has 1 N–H and O–H groups in total. The number of amides is 1. The van der Waals surface area contributed by atoms with Gasteiger partial charge in [-0.1, -0.05) is 39.0 Å². The number of hydrogen-bond donors (Lipinski definition) is 1. The van der Waals surface area contributed by atoms with Crippen molar-refractivity contribution in [2.24, 2.45) is 11.8 Å². The molecule has 7 nitrogen and oxygen atoms in total. The summed E-state index contributed by atoms with van der Waals surface area (Å²) in [5, 5.41) is 12.6. The van der Waals surface area contributed by atoms with Crippen LogP contribution in [0.3, 0.4) is 0 Å². The Hall–Kier alpha value is -2.96. The molecule has 1 unspecified atom stereocenters. The Morgan fingerprint density at radius 3 is 2.52 bits per heavy atom. The third kappa shape index (κ3) is 4.42. The number of benzene rings is 1. The van der Waals surface area contributed by atoms with Crippen molar-refractivity contribution in [2.75, 3.05) is 6.54 Å². The molecule has 0 aliphatic heterocycles. The summed E-state index contributed by atoms with van der Waals surface area (Å²) in [5.74, 6) is 0.194. The van der Waals surface area contributed by atoms with E-state index in [4.69, 9.17) is 0 Å². The second-order valence-electron chi connectivity index (χ2n) is 7.32. The molecular weight excluding hydrogens is 342 g/mol. The monoisotopic (exact) mass is 367 g/mol. The number of aromatic nitrogens is 4. The molecule has 2 heterocycles. The van der Waals surface area contributed by atoms with E-state index in [1.165, 1.54) is 4.68 Å². The third-order valence-electron chi connectivity index (χ3n) is 4.29. The Morgan fingerprint density at radius 2 is 1.85 bits per heavy atom. The number of hydrogen-bond acceptors (Lipinski definition) is 4. The van der Waals surface area contributed by atoms with Gasteiger partial charge in [-0.3, -0.25) is 14.3 Å². The number of nitrogens with one attached hydrogen (secondary N) is 1. The van der Waals surface area contributed by atoms with Crippen LogP contribution < -0.4 is 10.9 Å². The van der Waals surface area contributed by atoms with Crippen LogP contribution in [0.4, 0.5) is 0 Å². The van der Waals surface area contributed by atoms with E-state index in [2.05, 4.69) is 15.5 Å². The van der Waals surface area contributed by atoms with Gasteiger partial charge in [0, 0.05) is 37.4 Å². The zero-order chi connectivity index (χ0) is 19.4. The van der Waals surface area contributed by atoms with Crippen LogP contribution in [0.1, 0.15) is 31.3 Å². The van der Waals surface area contributed by atoms with Gasteiger partial charge < -0.3 is 5.32 Å². The standard InChI is InChI=1S/C20H25N5O2/c1-14(2)12-25-20(27)17-8-5-4-7-16(17)18(23-25)19(26)21-11-15(3)13-24-10-6-9-22-24/h4-10,14-15H,11-13H2,1-3H3,(H,21,26). The van der Waals surface area contributed by atoms with Crippen molar-refractivity contribution in [1.82, 2.24) is 24.9 Å². The SMILES string of the molecule is CC(C)Cn1nc(C(=O)NCC(C)Cn2cccn2)c2ccccc2c1=O. The highest BCUT2D eigenvalue weighted by atomic mass is 16.2. The molecule has 0 saturated carbocycles. The Balaban J connectivity index is 1.82. The minimum absolute atomic E-state index is 0.164. The predicted molar refractivity (Wildman–Crippen MR) is 105 cm³/mol. The van der Waals surface area contributed by atoms with Crippen LogP contribution >= 0.6 is 0 Å². The highest BCUT2D eigenvalue weighted by molar-refractivity contribution is 6.04. The number of nitrogens with zero attached hydrogens (tertiary/aromatic N) is 4. The van der Waals surface area contributed by atoms with Gasteiger partial charge in [0.05, 0.1) is 5.39 Å². The summed E-state index contributed by atoms with van der Waals surface area (Å²) < 4.78 is 3.24. The number of carbonyl (C=O) groups is 1. The molecule has 1 aromatic carbocycles. The van der Waals surface area contributed by atoms with E-state index in [0.717, 1.165) is 0 Å². The van der Waals surface area contributed by atoms with Crippen molar-refractivity contribution in [3.63, 3.8) is 0 Å². The Bertz CT molecular complexity index is 976. The molecule has 7 heteroatoms. The summed E-state index contributed by atoms with van der Waals surface area (Å²) in [6.45, 7) is 7.76.